The summed E-state index contributed by atoms with van der Waals surface area (Å²) in [5, 5.41) is 3.24. The number of hydrogen-bond donors (Lipinski definition) is 1. The first-order chi connectivity index (χ1) is 5.88. The van der Waals surface area contributed by atoms with E-state index in [-0.39, 0.29) is 0 Å². The summed E-state index contributed by atoms with van der Waals surface area (Å²) in [5.74, 6) is 0.733. The van der Waals surface area contributed by atoms with Crippen molar-refractivity contribution in [2.24, 2.45) is 0 Å². The maximum absolute atomic E-state index is 11.6. The Balaban J connectivity index is 2.46. The Morgan fingerprint density at radius 3 is 3.08 bits per heavy atom. The van der Waals surface area contributed by atoms with Crippen LogP contribution in [0.5, 0.6) is 0 Å². The standard InChI is InChI=1S/C9H11NOS/c11-12-6-5-10-7-8-3-1-2-4-9(8)12/h1-4,10H,5-7H2. The van der Waals surface area contributed by atoms with Crippen LogP contribution in [0.15, 0.2) is 29.2 Å². The second-order valence-electron chi connectivity index (χ2n) is 2.83. The third-order valence-corrected chi connectivity index (χ3v) is 3.46. The molecule has 0 amide bonds. The van der Waals surface area contributed by atoms with E-state index in [1.807, 2.05) is 24.3 Å². The molecule has 1 aliphatic heterocycles. The highest BCUT2D eigenvalue weighted by molar-refractivity contribution is 7.85. The van der Waals surface area contributed by atoms with Crippen molar-refractivity contribution < 1.29 is 4.21 Å². The topological polar surface area (TPSA) is 29.1 Å². The van der Waals surface area contributed by atoms with Crippen LogP contribution in [-0.4, -0.2) is 16.5 Å². The Labute approximate surface area is 74.4 Å². The van der Waals surface area contributed by atoms with Crippen molar-refractivity contribution in [1.29, 1.82) is 0 Å². The van der Waals surface area contributed by atoms with Crippen molar-refractivity contribution in [1.82, 2.24) is 5.32 Å². The summed E-state index contributed by atoms with van der Waals surface area (Å²) in [7, 11) is -0.795. The zero-order chi connectivity index (χ0) is 8.39. The summed E-state index contributed by atoms with van der Waals surface area (Å²) in [6.45, 7) is 1.70. The minimum Gasteiger partial charge on any atom is -0.312 e. The van der Waals surface area contributed by atoms with Crippen molar-refractivity contribution in [3.8, 4) is 0 Å². The van der Waals surface area contributed by atoms with Gasteiger partial charge in [-0.2, -0.15) is 0 Å². The highest BCUT2D eigenvalue weighted by Crippen LogP contribution is 2.15. The van der Waals surface area contributed by atoms with E-state index in [0.29, 0.717) is 0 Å². The molecule has 1 aromatic rings. The maximum atomic E-state index is 11.6. The molecule has 12 heavy (non-hydrogen) atoms. The summed E-state index contributed by atoms with van der Waals surface area (Å²) in [6.07, 6.45) is 0. The quantitative estimate of drug-likeness (QED) is 0.644. The lowest BCUT2D eigenvalue weighted by Crippen LogP contribution is -2.15. The van der Waals surface area contributed by atoms with Gasteiger partial charge >= 0.3 is 0 Å². The lowest BCUT2D eigenvalue weighted by atomic mass is 10.2. The van der Waals surface area contributed by atoms with E-state index < -0.39 is 10.8 Å². The predicted octanol–water partition coefficient (Wildman–Crippen LogP) is 0.897. The van der Waals surface area contributed by atoms with E-state index >= 15 is 0 Å². The van der Waals surface area contributed by atoms with Gasteiger partial charge in [0.1, 0.15) is 0 Å². The molecule has 1 heterocycles. The van der Waals surface area contributed by atoms with Crippen LogP contribution in [0.1, 0.15) is 5.56 Å². The van der Waals surface area contributed by atoms with Crippen LogP contribution in [0.25, 0.3) is 0 Å². The van der Waals surface area contributed by atoms with Gasteiger partial charge < -0.3 is 5.32 Å². The number of benzene rings is 1. The fourth-order valence-corrected chi connectivity index (χ4v) is 2.58. The van der Waals surface area contributed by atoms with Crippen molar-refractivity contribution in [2.75, 3.05) is 12.3 Å². The second-order valence-corrected chi connectivity index (χ2v) is 4.37. The number of hydrogen-bond acceptors (Lipinski definition) is 2. The first-order valence-corrected chi connectivity index (χ1v) is 5.37. The van der Waals surface area contributed by atoms with Gasteiger partial charge in [-0.15, -0.1) is 0 Å². The normalized spacial score (nSPS) is 22.8. The largest absolute Gasteiger partial charge is 0.312 e. The average Bonchev–Trinajstić information content (AvgIpc) is 2.29. The lowest BCUT2D eigenvalue weighted by molar-refractivity contribution is 0.681. The van der Waals surface area contributed by atoms with Gasteiger partial charge in [-0.05, 0) is 11.6 Å². The van der Waals surface area contributed by atoms with Crippen LogP contribution in [0.4, 0.5) is 0 Å². The molecule has 0 saturated carbocycles. The van der Waals surface area contributed by atoms with E-state index in [2.05, 4.69) is 5.32 Å². The van der Waals surface area contributed by atoms with Crippen molar-refractivity contribution >= 4 is 10.8 Å². The van der Waals surface area contributed by atoms with Crippen LogP contribution in [0, 0.1) is 0 Å². The average molecular weight is 181 g/mol. The first kappa shape index (κ1) is 7.95. The Morgan fingerprint density at radius 2 is 2.17 bits per heavy atom. The molecule has 1 aromatic carbocycles. The molecular weight excluding hydrogens is 170 g/mol. The summed E-state index contributed by atoms with van der Waals surface area (Å²) in [5.41, 5.74) is 1.17. The van der Waals surface area contributed by atoms with E-state index in [1.54, 1.807) is 0 Å². The zero-order valence-electron chi connectivity index (χ0n) is 6.75. The lowest BCUT2D eigenvalue weighted by Gasteiger charge is -2.02. The molecule has 3 heteroatoms. The predicted molar refractivity (Wildman–Crippen MR) is 49.4 cm³/mol. The smallest absolute Gasteiger partial charge is 0.0545 e. The fraction of sp³-hybridized carbons (Fsp3) is 0.333. The molecule has 0 aromatic heterocycles. The molecule has 2 rings (SSSR count). The maximum Gasteiger partial charge on any atom is 0.0545 e. The molecule has 0 fully saturated rings. The van der Waals surface area contributed by atoms with Gasteiger partial charge in [-0.25, -0.2) is 0 Å². The third kappa shape index (κ3) is 1.42. The molecule has 1 N–H and O–H groups in total. The summed E-state index contributed by atoms with van der Waals surface area (Å²) in [4.78, 5) is 1.00. The van der Waals surface area contributed by atoms with Crippen LogP contribution in [0.2, 0.25) is 0 Å². The van der Waals surface area contributed by atoms with Gasteiger partial charge in [0, 0.05) is 23.7 Å². The zero-order valence-corrected chi connectivity index (χ0v) is 7.56. The van der Waals surface area contributed by atoms with Crippen LogP contribution < -0.4 is 5.32 Å². The Hall–Kier alpha value is -0.670. The molecule has 0 aliphatic carbocycles. The Bertz CT molecular complexity index is 311. The van der Waals surface area contributed by atoms with E-state index in [0.717, 1.165) is 23.7 Å². The van der Waals surface area contributed by atoms with E-state index in [9.17, 15) is 4.21 Å². The molecule has 0 radical (unpaired) electrons. The first-order valence-electron chi connectivity index (χ1n) is 4.05. The van der Waals surface area contributed by atoms with Gasteiger partial charge in [0.25, 0.3) is 0 Å². The van der Waals surface area contributed by atoms with Crippen molar-refractivity contribution in [3.05, 3.63) is 29.8 Å². The van der Waals surface area contributed by atoms with Crippen molar-refractivity contribution in [3.63, 3.8) is 0 Å². The highest BCUT2D eigenvalue weighted by atomic mass is 32.2. The minimum absolute atomic E-state index is 0.733. The van der Waals surface area contributed by atoms with Crippen molar-refractivity contribution in [2.45, 2.75) is 11.4 Å². The molecule has 0 saturated heterocycles. The van der Waals surface area contributed by atoms with Crippen LogP contribution in [0.3, 0.4) is 0 Å². The molecule has 64 valence electrons. The Kier molecular flexibility index (Phi) is 2.23. The molecule has 0 bridgehead atoms. The molecular formula is C9H11NOS. The van der Waals surface area contributed by atoms with Gasteiger partial charge in [0.05, 0.1) is 10.8 Å². The molecule has 1 atom stereocenters. The molecule has 1 aliphatic rings. The highest BCUT2D eigenvalue weighted by Gasteiger charge is 2.11. The Morgan fingerprint density at radius 1 is 1.33 bits per heavy atom. The minimum atomic E-state index is -0.795. The van der Waals surface area contributed by atoms with Gasteiger partial charge in [0.15, 0.2) is 0 Å². The number of rotatable bonds is 0. The van der Waals surface area contributed by atoms with E-state index in [4.69, 9.17) is 0 Å². The summed E-state index contributed by atoms with van der Waals surface area (Å²) in [6, 6.07) is 7.93. The fourth-order valence-electron chi connectivity index (χ4n) is 1.37. The van der Waals surface area contributed by atoms with Crippen LogP contribution >= 0.6 is 0 Å². The number of nitrogens with one attached hydrogen (secondary N) is 1. The molecule has 2 nitrogen and oxygen atoms in total. The van der Waals surface area contributed by atoms with Crippen LogP contribution in [-0.2, 0) is 17.3 Å². The van der Waals surface area contributed by atoms with Gasteiger partial charge in [-0.3, -0.25) is 4.21 Å². The second kappa shape index (κ2) is 3.37. The third-order valence-electron chi connectivity index (χ3n) is 2.00. The number of fused-ring (bicyclic) bond motifs is 1. The van der Waals surface area contributed by atoms with Gasteiger partial charge in [0.2, 0.25) is 0 Å². The monoisotopic (exact) mass is 181 g/mol. The van der Waals surface area contributed by atoms with E-state index in [1.165, 1.54) is 5.56 Å². The van der Waals surface area contributed by atoms with Gasteiger partial charge in [-0.1, -0.05) is 18.2 Å². The summed E-state index contributed by atoms with van der Waals surface area (Å²) >= 11 is 0. The summed E-state index contributed by atoms with van der Waals surface area (Å²) < 4.78 is 11.6. The molecule has 0 spiro atoms. The molecule has 1 unspecified atom stereocenters. The SMILES string of the molecule is O=S1CCNCc2ccccc21.